The summed E-state index contributed by atoms with van der Waals surface area (Å²) in [4.78, 5) is 22.0. The number of unbranched alkanes of at least 4 members (excludes halogenated alkanes) is 1. The Morgan fingerprint density at radius 3 is 2.45 bits per heavy atom. The van der Waals surface area contributed by atoms with E-state index in [1.54, 1.807) is 18.2 Å². The van der Waals surface area contributed by atoms with Gasteiger partial charge in [0.1, 0.15) is 5.75 Å². The van der Waals surface area contributed by atoms with Crippen LogP contribution in [0.4, 0.5) is 0 Å². The fourth-order valence-electron chi connectivity index (χ4n) is 2.34. The second kappa shape index (κ2) is 11.3. The highest BCUT2D eigenvalue weighted by Gasteiger charge is 2.09. The smallest absolute Gasteiger partial charge is 0.336 e. The maximum absolute atomic E-state index is 12.1. The molecule has 2 rings (SSSR count). The minimum atomic E-state index is -0.569. The van der Waals surface area contributed by atoms with E-state index in [1.807, 2.05) is 24.3 Å². The normalized spacial score (nSPS) is 11.0. The van der Waals surface area contributed by atoms with Gasteiger partial charge in [0.15, 0.2) is 11.5 Å². The standard InChI is InChI=1S/C22H23NO6/c1-3-4-15-28-19-9-5-17(6-10-19)8-12-22(24)29-20-11-7-18(13-14-23(25)26)16-21(20)27-2/h5-14,16H,3-4,15H2,1-2H3. The molecule has 29 heavy (non-hydrogen) atoms. The number of carbonyl (C=O) groups is 1. The molecule has 0 aliphatic rings. The molecule has 0 amide bonds. The average Bonchev–Trinajstić information content (AvgIpc) is 2.72. The molecule has 7 nitrogen and oxygen atoms in total. The Bertz CT molecular complexity index is 887. The molecule has 0 N–H and O–H groups in total. The molecule has 0 aliphatic heterocycles. The van der Waals surface area contributed by atoms with Crippen LogP contribution in [0, 0.1) is 10.1 Å². The van der Waals surface area contributed by atoms with Crippen molar-refractivity contribution in [1.82, 2.24) is 0 Å². The predicted octanol–water partition coefficient (Wildman–Crippen LogP) is 4.74. The molecule has 0 saturated carbocycles. The average molecular weight is 397 g/mol. The molecule has 152 valence electrons. The van der Waals surface area contributed by atoms with Crippen LogP contribution in [0.1, 0.15) is 30.9 Å². The number of methoxy groups -OCH3 is 1. The van der Waals surface area contributed by atoms with Gasteiger partial charge in [-0.1, -0.05) is 31.5 Å². The van der Waals surface area contributed by atoms with Crippen LogP contribution in [-0.4, -0.2) is 24.6 Å². The summed E-state index contributed by atoms with van der Waals surface area (Å²) < 4.78 is 16.1. The second-order valence-electron chi connectivity index (χ2n) is 6.04. The van der Waals surface area contributed by atoms with Gasteiger partial charge < -0.3 is 14.2 Å². The molecule has 2 aromatic rings. The fourth-order valence-corrected chi connectivity index (χ4v) is 2.34. The van der Waals surface area contributed by atoms with Crippen molar-refractivity contribution in [3.63, 3.8) is 0 Å². The zero-order valence-electron chi connectivity index (χ0n) is 16.4. The summed E-state index contributed by atoms with van der Waals surface area (Å²) in [6.07, 6.45) is 7.18. The van der Waals surface area contributed by atoms with Crippen LogP contribution in [0.2, 0.25) is 0 Å². The van der Waals surface area contributed by atoms with Crippen molar-refractivity contribution in [2.75, 3.05) is 13.7 Å². The van der Waals surface area contributed by atoms with Crippen LogP contribution in [0.3, 0.4) is 0 Å². The third-order valence-corrected chi connectivity index (χ3v) is 3.85. The van der Waals surface area contributed by atoms with Gasteiger partial charge in [0.2, 0.25) is 6.20 Å². The molecular weight excluding hydrogens is 374 g/mol. The molecule has 0 radical (unpaired) electrons. The second-order valence-corrected chi connectivity index (χ2v) is 6.04. The summed E-state index contributed by atoms with van der Waals surface area (Å²) in [5.74, 6) is 0.736. The Morgan fingerprint density at radius 1 is 1.07 bits per heavy atom. The number of benzene rings is 2. The molecule has 0 saturated heterocycles. The minimum absolute atomic E-state index is 0.222. The van der Waals surface area contributed by atoms with Crippen molar-refractivity contribution in [3.8, 4) is 17.2 Å². The maximum Gasteiger partial charge on any atom is 0.336 e. The summed E-state index contributed by atoms with van der Waals surface area (Å²) >= 11 is 0. The van der Waals surface area contributed by atoms with Crippen LogP contribution >= 0.6 is 0 Å². The molecule has 0 aromatic heterocycles. The number of nitrogens with zero attached hydrogens (tertiary/aromatic N) is 1. The number of carbonyl (C=O) groups excluding carboxylic acids is 1. The summed E-state index contributed by atoms with van der Waals surface area (Å²) in [6, 6.07) is 12.0. The first-order valence-electron chi connectivity index (χ1n) is 9.14. The number of ether oxygens (including phenoxy) is 3. The zero-order chi connectivity index (χ0) is 21.1. The van der Waals surface area contributed by atoms with Gasteiger partial charge in [-0.25, -0.2) is 4.79 Å². The predicted molar refractivity (Wildman–Crippen MR) is 111 cm³/mol. The van der Waals surface area contributed by atoms with Crippen LogP contribution < -0.4 is 14.2 Å². The first-order chi connectivity index (χ1) is 14.0. The summed E-state index contributed by atoms with van der Waals surface area (Å²) in [5.41, 5.74) is 1.38. The van der Waals surface area contributed by atoms with Gasteiger partial charge in [-0.05, 0) is 47.9 Å². The highest BCUT2D eigenvalue weighted by atomic mass is 16.6. The van der Waals surface area contributed by atoms with E-state index >= 15 is 0 Å². The van der Waals surface area contributed by atoms with E-state index in [-0.39, 0.29) is 5.75 Å². The third-order valence-electron chi connectivity index (χ3n) is 3.85. The van der Waals surface area contributed by atoms with Gasteiger partial charge in [-0.3, -0.25) is 10.1 Å². The van der Waals surface area contributed by atoms with E-state index < -0.39 is 10.9 Å². The quantitative estimate of drug-likeness (QED) is 0.144. The van der Waals surface area contributed by atoms with Crippen molar-refractivity contribution >= 4 is 18.1 Å². The monoisotopic (exact) mass is 397 g/mol. The van der Waals surface area contributed by atoms with Gasteiger partial charge in [-0.15, -0.1) is 0 Å². The van der Waals surface area contributed by atoms with Crippen LogP contribution in [-0.2, 0) is 4.79 Å². The minimum Gasteiger partial charge on any atom is -0.494 e. The summed E-state index contributed by atoms with van der Waals surface area (Å²) in [6.45, 7) is 2.79. The Balaban J connectivity index is 1.98. The molecule has 0 atom stereocenters. The molecule has 0 spiro atoms. The Kier molecular flexibility index (Phi) is 8.44. The lowest BCUT2D eigenvalue weighted by atomic mass is 10.2. The lowest BCUT2D eigenvalue weighted by molar-refractivity contribution is -0.400. The molecule has 2 aromatic carbocycles. The molecule has 0 heterocycles. The summed E-state index contributed by atoms with van der Waals surface area (Å²) in [7, 11) is 1.42. The van der Waals surface area contributed by atoms with Gasteiger partial charge in [-0.2, -0.15) is 0 Å². The number of hydrogen-bond acceptors (Lipinski definition) is 6. The lowest BCUT2D eigenvalue weighted by Crippen LogP contribution is -2.05. The van der Waals surface area contributed by atoms with Crippen LogP contribution in [0.15, 0.2) is 54.7 Å². The largest absolute Gasteiger partial charge is 0.494 e. The Labute approximate surface area is 169 Å². The zero-order valence-corrected chi connectivity index (χ0v) is 16.4. The topological polar surface area (TPSA) is 87.9 Å². The van der Waals surface area contributed by atoms with E-state index in [1.165, 1.54) is 25.3 Å². The van der Waals surface area contributed by atoms with Gasteiger partial charge in [0, 0.05) is 12.2 Å². The van der Waals surface area contributed by atoms with Gasteiger partial charge in [0.25, 0.3) is 0 Å². The number of rotatable bonds is 10. The molecule has 7 heteroatoms. The molecule has 0 unspecified atom stereocenters. The Morgan fingerprint density at radius 2 is 1.79 bits per heavy atom. The molecule has 0 aliphatic carbocycles. The maximum atomic E-state index is 12.1. The van der Waals surface area contributed by atoms with E-state index in [0.717, 1.165) is 30.4 Å². The van der Waals surface area contributed by atoms with E-state index in [9.17, 15) is 14.9 Å². The number of hydrogen-bond donors (Lipinski definition) is 0. The highest BCUT2D eigenvalue weighted by molar-refractivity contribution is 5.89. The van der Waals surface area contributed by atoms with Crippen LogP contribution in [0.25, 0.3) is 12.2 Å². The van der Waals surface area contributed by atoms with Crippen molar-refractivity contribution < 1.29 is 23.9 Å². The van der Waals surface area contributed by atoms with Gasteiger partial charge in [0.05, 0.1) is 18.6 Å². The van der Waals surface area contributed by atoms with Gasteiger partial charge >= 0.3 is 5.97 Å². The highest BCUT2D eigenvalue weighted by Crippen LogP contribution is 2.29. The van der Waals surface area contributed by atoms with E-state index in [2.05, 4.69) is 6.92 Å². The van der Waals surface area contributed by atoms with E-state index in [0.29, 0.717) is 17.9 Å². The molecular formula is C22H23NO6. The lowest BCUT2D eigenvalue weighted by Gasteiger charge is -2.08. The first kappa shape index (κ1) is 21.7. The molecule has 0 fully saturated rings. The van der Waals surface area contributed by atoms with Crippen molar-refractivity contribution in [2.45, 2.75) is 19.8 Å². The first-order valence-corrected chi connectivity index (χ1v) is 9.14. The van der Waals surface area contributed by atoms with Crippen LogP contribution in [0.5, 0.6) is 17.2 Å². The number of nitro groups is 1. The number of esters is 1. The third kappa shape index (κ3) is 7.50. The summed E-state index contributed by atoms with van der Waals surface area (Å²) in [5, 5.41) is 10.4. The molecule has 0 bridgehead atoms. The SMILES string of the molecule is CCCCOc1ccc(C=CC(=O)Oc2ccc(C=C[N+](=O)[O-])cc2OC)cc1. The van der Waals surface area contributed by atoms with Crippen molar-refractivity contribution in [1.29, 1.82) is 0 Å². The van der Waals surface area contributed by atoms with E-state index in [4.69, 9.17) is 14.2 Å². The Hall–Kier alpha value is -3.61. The van der Waals surface area contributed by atoms with Crippen molar-refractivity contribution in [3.05, 3.63) is 76.0 Å². The fraction of sp³-hybridized carbons (Fsp3) is 0.227. The van der Waals surface area contributed by atoms with Crippen molar-refractivity contribution in [2.24, 2.45) is 0 Å².